The Bertz CT molecular complexity index is 477. The van der Waals surface area contributed by atoms with Crippen LogP contribution in [-0.4, -0.2) is 30.0 Å². The molecule has 0 aliphatic rings. The van der Waals surface area contributed by atoms with Gasteiger partial charge in [-0.15, -0.1) is 12.4 Å². The maximum Gasteiger partial charge on any atom is 0.326 e. The summed E-state index contributed by atoms with van der Waals surface area (Å²) in [6.45, 7) is 3.99. The van der Waals surface area contributed by atoms with Crippen LogP contribution in [0.15, 0.2) is 24.3 Å². The van der Waals surface area contributed by atoms with Crippen molar-refractivity contribution in [3.05, 3.63) is 29.8 Å². The third kappa shape index (κ3) is 4.74. The largest absolute Gasteiger partial charge is 0.480 e. The molecule has 0 saturated heterocycles. The van der Waals surface area contributed by atoms with Gasteiger partial charge in [0.05, 0.1) is 0 Å². The first kappa shape index (κ1) is 18.2. The second-order valence-corrected chi connectivity index (χ2v) is 5.06. The monoisotopic (exact) mass is 299 g/mol. The molecule has 0 fully saturated rings. The lowest BCUT2D eigenvalue weighted by molar-refractivity contribution is -0.138. The van der Waals surface area contributed by atoms with Crippen LogP contribution in [0.3, 0.4) is 0 Å². The molecule has 0 bridgehead atoms. The maximum atomic E-state index is 11.4. The van der Waals surface area contributed by atoms with Gasteiger partial charge in [0.1, 0.15) is 11.9 Å². The SMILES string of the molecule is CC(C)C[C@@H](C(=O)O)N(C)c1cccc(C(=N)N)c1.Cl. The van der Waals surface area contributed by atoms with Crippen molar-refractivity contribution in [3.8, 4) is 0 Å². The van der Waals surface area contributed by atoms with Crippen LogP contribution in [0.2, 0.25) is 0 Å². The molecular weight excluding hydrogens is 278 g/mol. The Morgan fingerprint density at radius 3 is 2.50 bits per heavy atom. The number of carboxylic acids is 1. The number of halogens is 1. The lowest BCUT2D eigenvalue weighted by atomic mass is 10.0. The van der Waals surface area contributed by atoms with E-state index >= 15 is 0 Å². The molecule has 5 nitrogen and oxygen atoms in total. The number of carbonyl (C=O) groups is 1. The third-order valence-electron chi connectivity index (χ3n) is 3.01. The van der Waals surface area contributed by atoms with Gasteiger partial charge in [0.15, 0.2) is 0 Å². The fourth-order valence-corrected chi connectivity index (χ4v) is 1.94. The van der Waals surface area contributed by atoms with Crippen LogP contribution in [0.5, 0.6) is 0 Å². The molecule has 0 spiro atoms. The van der Waals surface area contributed by atoms with Gasteiger partial charge in [-0.1, -0.05) is 26.0 Å². The number of rotatable bonds is 6. The van der Waals surface area contributed by atoms with Crippen molar-refractivity contribution in [2.45, 2.75) is 26.3 Å². The summed E-state index contributed by atoms with van der Waals surface area (Å²) >= 11 is 0. The van der Waals surface area contributed by atoms with Crippen LogP contribution < -0.4 is 10.6 Å². The molecule has 0 radical (unpaired) electrons. The second kappa shape index (κ2) is 7.75. The molecule has 0 aliphatic carbocycles. The lowest BCUT2D eigenvalue weighted by Gasteiger charge is -2.28. The Labute approximate surface area is 125 Å². The summed E-state index contributed by atoms with van der Waals surface area (Å²) in [7, 11) is 1.75. The van der Waals surface area contributed by atoms with Crippen molar-refractivity contribution in [1.82, 2.24) is 0 Å². The van der Waals surface area contributed by atoms with Crippen molar-refractivity contribution in [2.24, 2.45) is 11.7 Å². The molecule has 0 saturated carbocycles. The molecular formula is C14H22ClN3O2. The van der Waals surface area contributed by atoms with Crippen LogP contribution in [0.1, 0.15) is 25.8 Å². The summed E-state index contributed by atoms with van der Waals surface area (Å²) in [5, 5.41) is 16.7. The molecule has 1 atom stereocenters. The van der Waals surface area contributed by atoms with Gasteiger partial charge in [-0.2, -0.15) is 0 Å². The molecule has 0 heterocycles. The number of benzene rings is 1. The van der Waals surface area contributed by atoms with Gasteiger partial charge in [-0.05, 0) is 24.5 Å². The molecule has 0 aromatic heterocycles. The zero-order chi connectivity index (χ0) is 14.6. The zero-order valence-electron chi connectivity index (χ0n) is 12.0. The minimum Gasteiger partial charge on any atom is -0.480 e. The Balaban J connectivity index is 0.00000361. The average molecular weight is 300 g/mol. The van der Waals surface area contributed by atoms with Crippen molar-refractivity contribution in [2.75, 3.05) is 11.9 Å². The first-order valence-corrected chi connectivity index (χ1v) is 6.23. The molecule has 0 aliphatic heterocycles. The predicted octanol–water partition coefficient (Wildman–Crippen LogP) is 2.33. The first-order valence-electron chi connectivity index (χ1n) is 6.23. The Hall–Kier alpha value is -1.75. The standard InChI is InChI=1S/C14H21N3O2.ClH/c1-9(2)7-12(14(18)19)17(3)11-6-4-5-10(8-11)13(15)16;/h4-6,8-9,12H,7H2,1-3H3,(H3,15,16)(H,18,19);1H/t12-;/m0./s1. The number of nitrogens with zero attached hydrogens (tertiary/aromatic N) is 1. The van der Waals surface area contributed by atoms with E-state index in [2.05, 4.69) is 0 Å². The normalized spacial score (nSPS) is 11.6. The summed E-state index contributed by atoms with van der Waals surface area (Å²) in [5.41, 5.74) is 6.79. The molecule has 0 unspecified atom stereocenters. The number of carboxylic acid groups (broad SMARTS) is 1. The Morgan fingerprint density at radius 2 is 2.05 bits per heavy atom. The van der Waals surface area contributed by atoms with E-state index < -0.39 is 12.0 Å². The van der Waals surface area contributed by atoms with Gasteiger partial charge >= 0.3 is 5.97 Å². The smallest absolute Gasteiger partial charge is 0.326 e. The summed E-state index contributed by atoms with van der Waals surface area (Å²) < 4.78 is 0. The molecule has 20 heavy (non-hydrogen) atoms. The lowest BCUT2D eigenvalue weighted by Crippen LogP contribution is -2.39. The van der Waals surface area contributed by atoms with Crippen LogP contribution in [0.4, 0.5) is 5.69 Å². The van der Waals surface area contributed by atoms with Crippen molar-refractivity contribution >= 4 is 29.9 Å². The Kier molecular flexibility index (Phi) is 7.07. The van der Waals surface area contributed by atoms with E-state index in [9.17, 15) is 9.90 Å². The molecule has 4 N–H and O–H groups in total. The minimum atomic E-state index is -0.843. The molecule has 112 valence electrons. The van der Waals surface area contributed by atoms with Gasteiger partial charge < -0.3 is 15.7 Å². The predicted molar refractivity (Wildman–Crippen MR) is 84.0 cm³/mol. The fourth-order valence-electron chi connectivity index (χ4n) is 1.94. The fraction of sp³-hybridized carbons (Fsp3) is 0.429. The number of amidine groups is 1. The number of anilines is 1. The quantitative estimate of drug-likeness (QED) is 0.555. The first-order chi connectivity index (χ1) is 8.82. The van der Waals surface area contributed by atoms with Crippen LogP contribution >= 0.6 is 12.4 Å². The van der Waals surface area contributed by atoms with Gasteiger partial charge in [0, 0.05) is 18.3 Å². The Morgan fingerprint density at radius 1 is 1.45 bits per heavy atom. The molecule has 1 aromatic carbocycles. The van der Waals surface area contributed by atoms with E-state index in [1.807, 2.05) is 19.9 Å². The highest BCUT2D eigenvalue weighted by Gasteiger charge is 2.24. The number of nitrogens with two attached hydrogens (primary N) is 1. The number of likely N-dealkylation sites (N-methyl/N-ethyl adjacent to an activating group) is 1. The molecule has 6 heteroatoms. The average Bonchev–Trinajstić information content (AvgIpc) is 2.34. The number of nitrogens with one attached hydrogen (secondary N) is 1. The van der Waals surface area contributed by atoms with E-state index in [-0.39, 0.29) is 18.2 Å². The summed E-state index contributed by atoms with van der Waals surface area (Å²) in [6.07, 6.45) is 0.566. The van der Waals surface area contributed by atoms with Gasteiger partial charge in [-0.3, -0.25) is 5.41 Å². The van der Waals surface area contributed by atoms with Gasteiger partial charge in [-0.25, -0.2) is 4.79 Å². The summed E-state index contributed by atoms with van der Waals surface area (Å²) in [5.74, 6) is -0.574. The van der Waals surface area contributed by atoms with Crippen molar-refractivity contribution in [1.29, 1.82) is 5.41 Å². The topological polar surface area (TPSA) is 90.4 Å². The highest BCUT2D eigenvalue weighted by molar-refractivity contribution is 5.96. The van der Waals surface area contributed by atoms with Gasteiger partial charge in [0.25, 0.3) is 0 Å². The van der Waals surface area contributed by atoms with E-state index in [1.165, 1.54) is 0 Å². The number of hydrogen-bond donors (Lipinski definition) is 3. The van der Waals surface area contributed by atoms with Crippen molar-refractivity contribution in [3.63, 3.8) is 0 Å². The van der Waals surface area contributed by atoms with Gasteiger partial charge in [0.2, 0.25) is 0 Å². The summed E-state index contributed by atoms with van der Waals surface area (Å²) in [6, 6.07) is 6.48. The highest BCUT2D eigenvalue weighted by atomic mass is 35.5. The van der Waals surface area contributed by atoms with Crippen LogP contribution in [0.25, 0.3) is 0 Å². The van der Waals surface area contributed by atoms with Crippen LogP contribution in [-0.2, 0) is 4.79 Å². The maximum absolute atomic E-state index is 11.4. The van der Waals surface area contributed by atoms with Crippen molar-refractivity contribution < 1.29 is 9.90 Å². The number of hydrogen-bond acceptors (Lipinski definition) is 3. The summed E-state index contributed by atoms with van der Waals surface area (Å²) in [4.78, 5) is 13.1. The molecule has 1 rings (SSSR count). The zero-order valence-corrected chi connectivity index (χ0v) is 12.8. The third-order valence-corrected chi connectivity index (χ3v) is 3.01. The highest BCUT2D eigenvalue weighted by Crippen LogP contribution is 2.20. The van der Waals surface area contributed by atoms with E-state index in [4.69, 9.17) is 11.1 Å². The second-order valence-electron chi connectivity index (χ2n) is 5.06. The van der Waals surface area contributed by atoms with E-state index in [0.29, 0.717) is 17.9 Å². The van der Waals surface area contributed by atoms with E-state index in [0.717, 1.165) is 5.69 Å². The molecule has 0 amide bonds. The van der Waals surface area contributed by atoms with Crippen LogP contribution in [0, 0.1) is 11.3 Å². The number of nitrogen functional groups attached to an aromatic ring is 1. The number of aliphatic carboxylic acids is 1. The molecule has 1 aromatic rings. The van der Waals surface area contributed by atoms with E-state index in [1.54, 1.807) is 30.1 Å². The minimum absolute atomic E-state index is 0.